The number of para-hydroxylation sites is 1. The summed E-state index contributed by atoms with van der Waals surface area (Å²) in [6.45, 7) is 0. The first-order valence-electron chi connectivity index (χ1n) is 6.63. The highest BCUT2D eigenvalue weighted by Crippen LogP contribution is 2.21. The minimum atomic E-state index is -3.18. The molecule has 0 spiro atoms. The van der Waals surface area contributed by atoms with Crippen molar-refractivity contribution in [3.8, 4) is 0 Å². The van der Waals surface area contributed by atoms with Gasteiger partial charge in [-0.15, -0.1) is 0 Å². The Kier molecular flexibility index (Phi) is 3.85. The zero-order valence-electron chi connectivity index (χ0n) is 11.8. The molecule has 0 aliphatic heterocycles. The van der Waals surface area contributed by atoms with Crippen LogP contribution in [0.5, 0.6) is 0 Å². The summed E-state index contributed by atoms with van der Waals surface area (Å²) in [5.41, 5.74) is 2.58. The van der Waals surface area contributed by atoms with Crippen molar-refractivity contribution < 1.29 is 8.42 Å². The van der Waals surface area contributed by atoms with Crippen molar-refractivity contribution in [1.82, 2.24) is 9.97 Å². The number of sulfone groups is 1. The zero-order chi connectivity index (χ0) is 15.7. The van der Waals surface area contributed by atoms with Gasteiger partial charge in [0.1, 0.15) is 0 Å². The summed E-state index contributed by atoms with van der Waals surface area (Å²) in [5, 5.41) is 1.15. The Morgan fingerprint density at radius 3 is 2.36 bits per heavy atom. The number of hydrogen-bond donors (Lipinski definition) is 0. The third-order valence-corrected chi connectivity index (χ3v) is 4.68. The summed E-state index contributed by atoms with van der Waals surface area (Å²) in [6.07, 6.45) is 1.76. The third-order valence-electron chi connectivity index (χ3n) is 3.38. The van der Waals surface area contributed by atoms with Gasteiger partial charge in [0.15, 0.2) is 9.84 Å². The number of benzene rings is 2. The van der Waals surface area contributed by atoms with Crippen LogP contribution in [0.1, 0.15) is 11.3 Å². The predicted molar refractivity (Wildman–Crippen MR) is 86.9 cm³/mol. The molecule has 0 amide bonds. The molecule has 112 valence electrons. The summed E-state index contributed by atoms with van der Waals surface area (Å²) in [4.78, 5) is 8.81. The van der Waals surface area contributed by atoms with Crippen LogP contribution in [0.4, 0.5) is 0 Å². The quantitative estimate of drug-likeness (QED) is 0.691. The number of aromatic nitrogens is 2. The molecule has 3 aromatic rings. The maximum atomic E-state index is 11.5. The lowest BCUT2D eigenvalue weighted by Gasteiger charge is -2.07. The van der Waals surface area contributed by atoms with E-state index >= 15 is 0 Å². The van der Waals surface area contributed by atoms with Crippen LogP contribution >= 0.6 is 11.6 Å². The molecule has 4 nitrogen and oxygen atoms in total. The Hall–Kier alpha value is -1.98. The van der Waals surface area contributed by atoms with E-state index in [0.29, 0.717) is 11.3 Å². The molecule has 3 rings (SSSR count). The Morgan fingerprint density at radius 1 is 1.00 bits per heavy atom. The summed E-state index contributed by atoms with van der Waals surface area (Å²) >= 11 is 5.97. The van der Waals surface area contributed by atoms with E-state index in [4.69, 9.17) is 11.6 Å². The molecule has 0 unspecified atom stereocenters. The van der Waals surface area contributed by atoms with E-state index in [1.807, 2.05) is 24.3 Å². The summed E-state index contributed by atoms with van der Waals surface area (Å²) in [7, 11) is -3.18. The first kappa shape index (κ1) is 14.9. The molecule has 0 aliphatic carbocycles. The minimum absolute atomic E-state index is 0.210. The molecular weight excluding hydrogens is 320 g/mol. The number of halogens is 1. The predicted octanol–water partition coefficient (Wildman–Crippen LogP) is 3.28. The Labute approximate surface area is 133 Å². The summed E-state index contributed by atoms with van der Waals surface area (Å²) in [6, 6.07) is 14.5. The van der Waals surface area contributed by atoms with Gasteiger partial charge in [-0.3, -0.25) is 0 Å². The number of fused-ring (bicyclic) bond motifs is 1. The molecule has 0 fully saturated rings. The van der Waals surface area contributed by atoms with Gasteiger partial charge in [0.2, 0.25) is 5.28 Å². The fourth-order valence-electron chi connectivity index (χ4n) is 2.29. The Bertz CT molecular complexity index is 938. The van der Waals surface area contributed by atoms with Crippen molar-refractivity contribution >= 4 is 32.3 Å². The first-order chi connectivity index (χ1) is 10.4. The van der Waals surface area contributed by atoms with E-state index in [1.165, 1.54) is 6.26 Å². The molecule has 0 N–H and O–H groups in total. The highest BCUT2D eigenvalue weighted by molar-refractivity contribution is 7.90. The van der Waals surface area contributed by atoms with Gasteiger partial charge in [0.05, 0.1) is 16.1 Å². The number of nitrogens with zero attached hydrogens (tertiary/aromatic N) is 2. The lowest BCUT2D eigenvalue weighted by atomic mass is 10.1. The topological polar surface area (TPSA) is 59.9 Å². The summed E-state index contributed by atoms with van der Waals surface area (Å²) in [5.74, 6) is 0. The molecule has 6 heteroatoms. The first-order valence-corrected chi connectivity index (χ1v) is 8.90. The number of hydrogen-bond acceptors (Lipinski definition) is 4. The normalized spacial score (nSPS) is 11.7. The molecule has 2 aromatic carbocycles. The minimum Gasteiger partial charge on any atom is -0.224 e. The third kappa shape index (κ3) is 3.10. The Balaban J connectivity index is 2.00. The van der Waals surface area contributed by atoms with Crippen LogP contribution in [0.15, 0.2) is 53.4 Å². The maximum Gasteiger partial charge on any atom is 0.223 e. The van der Waals surface area contributed by atoms with E-state index in [0.717, 1.165) is 22.2 Å². The van der Waals surface area contributed by atoms with Gasteiger partial charge in [0, 0.05) is 18.1 Å². The lowest BCUT2D eigenvalue weighted by molar-refractivity contribution is 0.602. The van der Waals surface area contributed by atoms with Gasteiger partial charge < -0.3 is 0 Å². The molecule has 1 aromatic heterocycles. The van der Waals surface area contributed by atoms with E-state index in [1.54, 1.807) is 24.3 Å². The average molecular weight is 333 g/mol. The number of rotatable bonds is 3. The highest BCUT2D eigenvalue weighted by Gasteiger charge is 2.09. The largest absolute Gasteiger partial charge is 0.224 e. The fraction of sp³-hybridized carbons (Fsp3) is 0.125. The monoisotopic (exact) mass is 332 g/mol. The second-order valence-corrected chi connectivity index (χ2v) is 7.40. The summed E-state index contributed by atoms with van der Waals surface area (Å²) < 4.78 is 23.0. The fourth-order valence-corrected chi connectivity index (χ4v) is 3.12. The van der Waals surface area contributed by atoms with Gasteiger partial charge in [-0.05, 0) is 35.4 Å². The van der Waals surface area contributed by atoms with E-state index in [2.05, 4.69) is 9.97 Å². The van der Waals surface area contributed by atoms with Crippen molar-refractivity contribution in [3.63, 3.8) is 0 Å². The molecule has 22 heavy (non-hydrogen) atoms. The van der Waals surface area contributed by atoms with E-state index in [9.17, 15) is 8.42 Å². The Morgan fingerprint density at radius 2 is 1.68 bits per heavy atom. The van der Waals surface area contributed by atoms with Crippen molar-refractivity contribution in [2.24, 2.45) is 0 Å². The average Bonchev–Trinajstić information content (AvgIpc) is 2.46. The van der Waals surface area contributed by atoms with Crippen LogP contribution in [0.2, 0.25) is 5.28 Å². The van der Waals surface area contributed by atoms with Gasteiger partial charge in [-0.1, -0.05) is 30.3 Å². The SMILES string of the molecule is CS(=O)(=O)c1ccc(Cc2nc(Cl)nc3ccccc23)cc1. The molecule has 0 bridgehead atoms. The molecule has 0 saturated heterocycles. The zero-order valence-corrected chi connectivity index (χ0v) is 13.4. The van der Waals surface area contributed by atoms with Gasteiger partial charge >= 0.3 is 0 Å². The highest BCUT2D eigenvalue weighted by atomic mass is 35.5. The second-order valence-electron chi connectivity index (χ2n) is 5.05. The van der Waals surface area contributed by atoms with Crippen LogP contribution in [0.3, 0.4) is 0 Å². The van der Waals surface area contributed by atoms with E-state index < -0.39 is 9.84 Å². The van der Waals surface area contributed by atoms with Gasteiger partial charge in [-0.25, -0.2) is 18.4 Å². The molecule has 1 heterocycles. The second kappa shape index (κ2) is 5.66. The molecular formula is C16H13ClN2O2S. The van der Waals surface area contributed by atoms with Crippen molar-refractivity contribution in [3.05, 3.63) is 65.1 Å². The van der Waals surface area contributed by atoms with Crippen molar-refractivity contribution in [1.29, 1.82) is 0 Å². The van der Waals surface area contributed by atoms with Crippen LogP contribution in [-0.4, -0.2) is 24.6 Å². The molecule has 0 radical (unpaired) electrons. The lowest BCUT2D eigenvalue weighted by Crippen LogP contribution is -1.99. The van der Waals surface area contributed by atoms with Crippen LogP contribution in [0, 0.1) is 0 Å². The smallest absolute Gasteiger partial charge is 0.223 e. The molecule has 0 saturated carbocycles. The standard InChI is InChI=1S/C16H13ClN2O2S/c1-22(20,21)12-8-6-11(7-9-12)10-15-13-4-2-3-5-14(13)18-16(17)19-15/h2-9H,10H2,1H3. The van der Waals surface area contributed by atoms with Crippen LogP contribution in [0.25, 0.3) is 10.9 Å². The van der Waals surface area contributed by atoms with Crippen LogP contribution < -0.4 is 0 Å². The maximum absolute atomic E-state index is 11.5. The molecule has 0 atom stereocenters. The van der Waals surface area contributed by atoms with Gasteiger partial charge in [-0.2, -0.15) is 0 Å². The van der Waals surface area contributed by atoms with Gasteiger partial charge in [0.25, 0.3) is 0 Å². The van der Waals surface area contributed by atoms with Crippen LogP contribution in [-0.2, 0) is 16.3 Å². The van der Waals surface area contributed by atoms with E-state index in [-0.39, 0.29) is 5.28 Å². The van der Waals surface area contributed by atoms with Crippen molar-refractivity contribution in [2.45, 2.75) is 11.3 Å². The molecule has 0 aliphatic rings. The van der Waals surface area contributed by atoms with Crippen molar-refractivity contribution in [2.75, 3.05) is 6.26 Å².